The summed E-state index contributed by atoms with van der Waals surface area (Å²) in [5, 5.41) is 14.2. The van der Waals surface area contributed by atoms with Crippen LogP contribution in [0.4, 0.5) is 15.8 Å². The van der Waals surface area contributed by atoms with Crippen molar-refractivity contribution < 1.29 is 9.31 Å². The molecule has 0 radical (unpaired) electrons. The first-order chi connectivity index (χ1) is 10.0. The van der Waals surface area contributed by atoms with Crippen LogP contribution in [0.1, 0.15) is 30.5 Å². The van der Waals surface area contributed by atoms with Gasteiger partial charge in [0.1, 0.15) is 5.82 Å². The molecule has 110 valence electrons. The number of nitrogens with one attached hydrogen (secondary N) is 1. The summed E-state index contributed by atoms with van der Waals surface area (Å²) in [6.07, 6.45) is 0.742. The van der Waals surface area contributed by atoms with Crippen LogP contribution in [-0.4, -0.2) is 4.92 Å². The van der Waals surface area contributed by atoms with E-state index in [2.05, 4.69) is 5.32 Å². The van der Waals surface area contributed by atoms with Crippen molar-refractivity contribution in [2.45, 2.75) is 26.3 Å². The van der Waals surface area contributed by atoms with Crippen LogP contribution < -0.4 is 5.32 Å². The predicted octanol–water partition coefficient (Wildman–Crippen LogP) is 4.61. The van der Waals surface area contributed by atoms with Crippen molar-refractivity contribution in [1.29, 1.82) is 0 Å². The van der Waals surface area contributed by atoms with E-state index in [0.717, 1.165) is 12.0 Å². The van der Waals surface area contributed by atoms with Crippen molar-refractivity contribution in [3.05, 3.63) is 69.5 Å². The van der Waals surface area contributed by atoms with E-state index in [4.69, 9.17) is 0 Å². The fourth-order valence-corrected chi connectivity index (χ4v) is 2.31. The summed E-state index contributed by atoms with van der Waals surface area (Å²) < 4.78 is 13.3. The van der Waals surface area contributed by atoms with E-state index in [1.807, 2.05) is 13.0 Å². The molecule has 4 nitrogen and oxygen atoms in total. The molecule has 2 aromatic carbocycles. The largest absolute Gasteiger partial charge is 0.378 e. The smallest absolute Gasteiger partial charge is 0.274 e. The van der Waals surface area contributed by atoms with Crippen LogP contribution in [0, 0.1) is 22.9 Å². The van der Waals surface area contributed by atoms with Crippen LogP contribution in [0.25, 0.3) is 0 Å². The van der Waals surface area contributed by atoms with Gasteiger partial charge in [0.25, 0.3) is 5.69 Å². The van der Waals surface area contributed by atoms with E-state index >= 15 is 0 Å². The number of nitro benzene ring substituents is 1. The standard InChI is InChI=1S/C16H17FN2O2/c1-3-14(12-6-4-7-13(17)10-12)18-15-8-5-9-16(11(15)2)19(20)21/h4-10,14,18H,3H2,1-2H3. The van der Waals surface area contributed by atoms with Gasteiger partial charge in [-0.3, -0.25) is 10.1 Å². The fourth-order valence-electron chi connectivity index (χ4n) is 2.31. The van der Waals surface area contributed by atoms with Gasteiger partial charge in [-0.2, -0.15) is 0 Å². The molecular formula is C16H17FN2O2. The third-order valence-electron chi connectivity index (χ3n) is 3.49. The zero-order valence-electron chi connectivity index (χ0n) is 12.0. The molecule has 5 heteroatoms. The number of rotatable bonds is 5. The molecule has 1 unspecified atom stereocenters. The normalized spacial score (nSPS) is 12.0. The molecule has 0 aliphatic rings. The lowest BCUT2D eigenvalue weighted by Crippen LogP contribution is -2.11. The maximum absolute atomic E-state index is 13.3. The Kier molecular flexibility index (Phi) is 4.52. The summed E-state index contributed by atoms with van der Waals surface area (Å²) in [5.41, 5.74) is 2.18. The van der Waals surface area contributed by atoms with Crippen molar-refractivity contribution in [3.8, 4) is 0 Å². The molecule has 0 bridgehead atoms. The predicted molar refractivity (Wildman–Crippen MR) is 80.9 cm³/mol. The van der Waals surface area contributed by atoms with Crippen molar-refractivity contribution in [2.24, 2.45) is 0 Å². The SMILES string of the molecule is CCC(Nc1cccc([N+](=O)[O-])c1C)c1cccc(F)c1. The van der Waals surface area contributed by atoms with Gasteiger partial charge in [0.15, 0.2) is 0 Å². The van der Waals surface area contributed by atoms with Crippen LogP contribution >= 0.6 is 0 Å². The van der Waals surface area contributed by atoms with Gasteiger partial charge in [-0.1, -0.05) is 25.1 Å². The second-order valence-electron chi connectivity index (χ2n) is 4.87. The lowest BCUT2D eigenvalue weighted by atomic mass is 10.0. The van der Waals surface area contributed by atoms with Crippen molar-refractivity contribution in [2.75, 3.05) is 5.32 Å². The highest BCUT2D eigenvalue weighted by Crippen LogP contribution is 2.29. The first-order valence-electron chi connectivity index (χ1n) is 6.79. The lowest BCUT2D eigenvalue weighted by Gasteiger charge is -2.20. The maximum Gasteiger partial charge on any atom is 0.274 e. The summed E-state index contributed by atoms with van der Waals surface area (Å²) in [5.74, 6) is -0.288. The third kappa shape index (κ3) is 3.37. The zero-order chi connectivity index (χ0) is 15.4. The van der Waals surface area contributed by atoms with Gasteiger partial charge in [-0.05, 0) is 37.1 Å². The van der Waals surface area contributed by atoms with E-state index in [1.54, 1.807) is 25.1 Å². The van der Waals surface area contributed by atoms with Crippen LogP contribution in [0.2, 0.25) is 0 Å². The Morgan fingerprint density at radius 1 is 1.29 bits per heavy atom. The van der Waals surface area contributed by atoms with Crippen LogP contribution in [-0.2, 0) is 0 Å². The van der Waals surface area contributed by atoms with Gasteiger partial charge in [-0.15, -0.1) is 0 Å². The van der Waals surface area contributed by atoms with Crippen LogP contribution in [0.15, 0.2) is 42.5 Å². The minimum absolute atomic E-state index is 0.0779. The lowest BCUT2D eigenvalue weighted by molar-refractivity contribution is -0.385. The van der Waals surface area contributed by atoms with Crippen molar-refractivity contribution in [3.63, 3.8) is 0 Å². The Bertz CT molecular complexity index is 658. The Morgan fingerprint density at radius 3 is 2.62 bits per heavy atom. The second kappa shape index (κ2) is 6.35. The van der Waals surface area contributed by atoms with Crippen molar-refractivity contribution in [1.82, 2.24) is 0 Å². The van der Waals surface area contributed by atoms with E-state index < -0.39 is 4.92 Å². The highest BCUT2D eigenvalue weighted by Gasteiger charge is 2.16. The summed E-state index contributed by atoms with van der Waals surface area (Å²) in [6.45, 7) is 3.69. The van der Waals surface area contributed by atoms with Gasteiger partial charge < -0.3 is 5.32 Å². The quantitative estimate of drug-likeness (QED) is 0.646. The molecule has 0 saturated heterocycles. The molecule has 0 aliphatic heterocycles. The first-order valence-corrected chi connectivity index (χ1v) is 6.79. The molecule has 0 amide bonds. The van der Waals surface area contributed by atoms with Gasteiger partial charge in [0.2, 0.25) is 0 Å². The first kappa shape index (κ1) is 15.0. The molecule has 21 heavy (non-hydrogen) atoms. The number of anilines is 1. The number of halogens is 1. The topological polar surface area (TPSA) is 55.2 Å². The van der Waals surface area contributed by atoms with Crippen LogP contribution in [0.3, 0.4) is 0 Å². The number of benzene rings is 2. The highest BCUT2D eigenvalue weighted by molar-refractivity contribution is 5.60. The average molecular weight is 288 g/mol. The molecule has 1 N–H and O–H groups in total. The van der Waals surface area contributed by atoms with Gasteiger partial charge in [0, 0.05) is 17.3 Å². The molecule has 1 atom stereocenters. The average Bonchev–Trinajstić information content (AvgIpc) is 2.46. The molecular weight excluding hydrogens is 271 g/mol. The summed E-state index contributed by atoms with van der Waals surface area (Å²) in [6, 6.07) is 11.2. The van der Waals surface area contributed by atoms with E-state index in [1.165, 1.54) is 18.2 Å². The van der Waals surface area contributed by atoms with Gasteiger partial charge >= 0.3 is 0 Å². The molecule has 0 saturated carbocycles. The molecule has 0 aliphatic carbocycles. The van der Waals surface area contributed by atoms with E-state index in [-0.39, 0.29) is 17.5 Å². The zero-order valence-corrected chi connectivity index (χ0v) is 12.0. The fraction of sp³-hybridized carbons (Fsp3) is 0.250. The summed E-state index contributed by atoms with van der Waals surface area (Å²) >= 11 is 0. The molecule has 0 aromatic heterocycles. The Balaban J connectivity index is 2.31. The number of nitro groups is 1. The number of nitrogens with zero attached hydrogens (tertiary/aromatic N) is 1. The molecule has 0 spiro atoms. The second-order valence-corrected chi connectivity index (χ2v) is 4.87. The third-order valence-corrected chi connectivity index (χ3v) is 3.49. The Labute approximate surface area is 122 Å². The minimum Gasteiger partial charge on any atom is -0.378 e. The summed E-state index contributed by atoms with van der Waals surface area (Å²) in [4.78, 5) is 10.6. The molecule has 0 fully saturated rings. The van der Waals surface area contributed by atoms with Gasteiger partial charge in [0.05, 0.1) is 11.0 Å². The van der Waals surface area contributed by atoms with Crippen molar-refractivity contribution >= 4 is 11.4 Å². The molecule has 2 rings (SSSR count). The number of hydrogen-bond donors (Lipinski definition) is 1. The maximum atomic E-state index is 13.3. The minimum atomic E-state index is -0.399. The Morgan fingerprint density at radius 2 is 2.00 bits per heavy atom. The van der Waals surface area contributed by atoms with E-state index in [9.17, 15) is 14.5 Å². The molecule has 0 heterocycles. The van der Waals surface area contributed by atoms with Gasteiger partial charge in [-0.25, -0.2) is 4.39 Å². The summed E-state index contributed by atoms with van der Waals surface area (Å²) in [7, 11) is 0. The Hall–Kier alpha value is -2.43. The van der Waals surface area contributed by atoms with Crippen LogP contribution in [0.5, 0.6) is 0 Å². The number of hydrogen-bond acceptors (Lipinski definition) is 3. The van der Waals surface area contributed by atoms with E-state index in [0.29, 0.717) is 11.3 Å². The molecule has 2 aromatic rings. The highest BCUT2D eigenvalue weighted by atomic mass is 19.1. The monoisotopic (exact) mass is 288 g/mol.